The van der Waals surface area contributed by atoms with Crippen molar-refractivity contribution in [1.82, 2.24) is 0 Å². The van der Waals surface area contributed by atoms with Crippen LogP contribution in [0.2, 0.25) is 5.02 Å². The molecule has 0 spiro atoms. The molecule has 7 heteroatoms. The van der Waals surface area contributed by atoms with Crippen LogP contribution in [0.25, 0.3) is 0 Å². The quantitative estimate of drug-likeness (QED) is 0.906. The molecule has 4 nitrogen and oxygen atoms in total. The second kappa shape index (κ2) is 6.01. The smallest absolute Gasteiger partial charge is 0.264 e. The number of aliphatic hydroxyl groups excluding tert-OH is 1. The summed E-state index contributed by atoms with van der Waals surface area (Å²) in [5.41, 5.74) is 1.33. The number of hydrogen-bond acceptors (Lipinski definition) is 3. The Hall–Kier alpha value is -1.63. The van der Waals surface area contributed by atoms with Crippen LogP contribution < -0.4 is 4.72 Å². The highest BCUT2D eigenvalue weighted by Crippen LogP contribution is 2.26. The van der Waals surface area contributed by atoms with Crippen LogP contribution >= 0.6 is 11.6 Å². The molecular formula is C14H13ClFNO3S. The molecule has 112 valence electrons. The monoisotopic (exact) mass is 329 g/mol. The minimum atomic E-state index is -4.13. The Labute approximate surface area is 127 Å². The summed E-state index contributed by atoms with van der Waals surface area (Å²) in [6, 6.07) is 8.18. The van der Waals surface area contributed by atoms with E-state index in [1.807, 2.05) is 6.92 Å². The molecule has 0 aromatic heterocycles. The Bertz CT molecular complexity index is 778. The third kappa shape index (κ3) is 3.53. The molecule has 0 saturated carbocycles. The van der Waals surface area contributed by atoms with Gasteiger partial charge in [-0.05, 0) is 42.3 Å². The number of nitrogens with one attached hydrogen (secondary N) is 1. The summed E-state index contributed by atoms with van der Waals surface area (Å²) in [6.07, 6.45) is 0. The topological polar surface area (TPSA) is 66.4 Å². The van der Waals surface area contributed by atoms with Crippen molar-refractivity contribution in [3.63, 3.8) is 0 Å². The average molecular weight is 330 g/mol. The number of anilines is 1. The summed E-state index contributed by atoms with van der Waals surface area (Å²) in [7, 11) is -4.13. The zero-order valence-corrected chi connectivity index (χ0v) is 12.7. The van der Waals surface area contributed by atoms with Gasteiger partial charge in [-0.3, -0.25) is 4.72 Å². The van der Waals surface area contributed by atoms with Crippen molar-refractivity contribution in [1.29, 1.82) is 0 Å². The molecule has 0 amide bonds. The summed E-state index contributed by atoms with van der Waals surface area (Å²) in [6.45, 7) is 1.43. The van der Waals surface area contributed by atoms with E-state index in [1.165, 1.54) is 12.1 Å². The molecule has 0 aliphatic heterocycles. The van der Waals surface area contributed by atoms with Crippen LogP contribution in [0, 0.1) is 12.7 Å². The van der Waals surface area contributed by atoms with E-state index in [2.05, 4.69) is 4.72 Å². The predicted molar refractivity (Wildman–Crippen MR) is 79.3 cm³/mol. The van der Waals surface area contributed by atoms with Crippen LogP contribution in [-0.2, 0) is 16.6 Å². The Morgan fingerprint density at radius 1 is 1.24 bits per heavy atom. The van der Waals surface area contributed by atoms with Crippen LogP contribution in [0.4, 0.5) is 10.1 Å². The van der Waals surface area contributed by atoms with Crippen LogP contribution in [-0.4, -0.2) is 13.5 Å². The van der Waals surface area contributed by atoms with Crippen molar-refractivity contribution in [2.75, 3.05) is 4.72 Å². The fraction of sp³-hybridized carbons (Fsp3) is 0.143. The number of halogens is 2. The number of sulfonamides is 1. The predicted octanol–water partition coefficient (Wildman–Crippen LogP) is 3.08. The lowest BCUT2D eigenvalue weighted by molar-refractivity contribution is 0.281. The van der Waals surface area contributed by atoms with Crippen LogP contribution in [0.15, 0.2) is 41.3 Å². The molecule has 2 aromatic rings. The lowest BCUT2D eigenvalue weighted by Crippen LogP contribution is -2.15. The zero-order valence-electron chi connectivity index (χ0n) is 11.1. The number of benzene rings is 2. The van der Waals surface area contributed by atoms with Crippen LogP contribution in [0.5, 0.6) is 0 Å². The molecule has 21 heavy (non-hydrogen) atoms. The van der Waals surface area contributed by atoms with Crippen molar-refractivity contribution >= 4 is 27.3 Å². The minimum Gasteiger partial charge on any atom is -0.392 e. The maximum Gasteiger partial charge on any atom is 0.264 e. The van der Waals surface area contributed by atoms with Crippen LogP contribution in [0.1, 0.15) is 11.1 Å². The van der Waals surface area contributed by atoms with Crippen molar-refractivity contribution in [3.05, 3.63) is 58.4 Å². The van der Waals surface area contributed by atoms with Gasteiger partial charge < -0.3 is 5.11 Å². The second-order valence-corrected chi connectivity index (χ2v) is 6.57. The first-order valence-electron chi connectivity index (χ1n) is 6.02. The van der Waals surface area contributed by atoms with Crippen molar-refractivity contribution in [2.24, 2.45) is 0 Å². The Balaban J connectivity index is 2.43. The van der Waals surface area contributed by atoms with E-state index in [0.29, 0.717) is 5.56 Å². The second-order valence-electron chi connectivity index (χ2n) is 4.51. The van der Waals surface area contributed by atoms with E-state index in [4.69, 9.17) is 16.7 Å². The first-order chi connectivity index (χ1) is 9.83. The fourth-order valence-electron chi connectivity index (χ4n) is 1.75. The Morgan fingerprint density at radius 3 is 2.57 bits per heavy atom. The largest absolute Gasteiger partial charge is 0.392 e. The van der Waals surface area contributed by atoms with E-state index < -0.39 is 20.7 Å². The molecule has 0 radical (unpaired) electrons. The van der Waals surface area contributed by atoms with Gasteiger partial charge in [0.1, 0.15) is 10.7 Å². The zero-order chi connectivity index (χ0) is 15.6. The molecule has 0 heterocycles. The van der Waals surface area contributed by atoms with Gasteiger partial charge in [-0.1, -0.05) is 23.7 Å². The first kappa shape index (κ1) is 15.8. The van der Waals surface area contributed by atoms with E-state index in [1.54, 1.807) is 12.1 Å². The molecule has 0 bridgehead atoms. The lowest BCUT2D eigenvalue weighted by Gasteiger charge is -2.11. The number of aliphatic hydroxyl groups is 1. The Morgan fingerprint density at radius 2 is 1.95 bits per heavy atom. The third-order valence-electron chi connectivity index (χ3n) is 2.84. The van der Waals surface area contributed by atoms with Gasteiger partial charge in [0.15, 0.2) is 0 Å². The molecule has 2 N–H and O–H groups in total. The molecule has 0 atom stereocenters. The SMILES string of the molecule is Cc1ccc(NS(=O)(=O)c2cc(CO)ccc2F)c(Cl)c1. The van der Waals surface area contributed by atoms with E-state index >= 15 is 0 Å². The molecule has 0 fully saturated rings. The molecule has 0 unspecified atom stereocenters. The highest BCUT2D eigenvalue weighted by Gasteiger charge is 2.20. The van der Waals surface area contributed by atoms with Gasteiger partial charge in [0, 0.05) is 0 Å². The standard InChI is InChI=1S/C14H13ClFNO3S/c1-9-2-5-13(11(15)6-9)17-21(19,20)14-7-10(8-18)3-4-12(14)16/h2-7,17-18H,8H2,1H3. The van der Waals surface area contributed by atoms with Crippen molar-refractivity contribution < 1.29 is 17.9 Å². The Kier molecular flexibility index (Phi) is 4.51. The fourth-order valence-corrected chi connectivity index (χ4v) is 3.30. The number of hydrogen-bond donors (Lipinski definition) is 2. The highest BCUT2D eigenvalue weighted by molar-refractivity contribution is 7.92. The van der Waals surface area contributed by atoms with E-state index in [9.17, 15) is 12.8 Å². The molecule has 0 saturated heterocycles. The molecular weight excluding hydrogens is 317 g/mol. The van der Waals surface area contributed by atoms with Gasteiger partial charge in [-0.15, -0.1) is 0 Å². The van der Waals surface area contributed by atoms with Gasteiger partial charge in [0.2, 0.25) is 0 Å². The summed E-state index contributed by atoms with van der Waals surface area (Å²) in [4.78, 5) is -0.536. The first-order valence-corrected chi connectivity index (χ1v) is 7.88. The van der Waals surface area contributed by atoms with E-state index in [0.717, 1.165) is 17.7 Å². The summed E-state index contributed by atoms with van der Waals surface area (Å²) in [5.74, 6) is -0.900. The van der Waals surface area contributed by atoms with Crippen molar-refractivity contribution in [2.45, 2.75) is 18.4 Å². The average Bonchev–Trinajstić information content (AvgIpc) is 2.42. The maximum absolute atomic E-state index is 13.7. The summed E-state index contributed by atoms with van der Waals surface area (Å²) in [5, 5.41) is 9.24. The number of aryl methyl sites for hydroxylation is 1. The van der Waals surface area contributed by atoms with Crippen molar-refractivity contribution in [3.8, 4) is 0 Å². The maximum atomic E-state index is 13.7. The highest BCUT2D eigenvalue weighted by atomic mass is 35.5. The van der Waals surface area contributed by atoms with Crippen LogP contribution in [0.3, 0.4) is 0 Å². The normalized spacial score (nSPS) is 11.4. The summed E-state index contributed by atoms with van der Waals surface area (Å²) >= 11 is 5.96. The number of rotatable bonds is 4. The van der Waals surface area contributed by atoms with Gasteiger partial charge in [0.25, 0.3) is 10.0 Å². The molecule has 0 aliphatic carbocycles. The molecule has 2 aromatic carbocycles. The van der Waals surface area contributed by atoms with Gasteiger partial charge >= 0.3 is 0 Å². The lowest BCUT2D eigenvalue weighted by atomic mass is 10.2. The summed E-state index contributed by atoms with van der Waals surface area (Å²) < 4.78 is 40.4. The van der Waals surface area contributed by atoms with Gasteiger partial charge in [0.05, 0.1) is 17.3 Å². The molecule has 2 rings (SSSR count). The van der Waals surface area contributed by atoms with Gasteiger partial charge in [-0.2, -0.15) is 0 Å². The third-order valence-corrected chi connectivity index (χ3v) is 4.53. The molecule has 0 aliphatic rings. The van der Waals surface area contributed by atoms with E-state index in [-0.39, 0.29) is 17.3 Å². The minimum absolute atomic E-state index is 0.163. The van der Waals surface area contributed by atoms with Gasteiger partial charge in [-0.25, -0.2) is 12.8 Å².